The minimum Gasteiger partial charge on any atom is -0.379 e. The van der Waals surface area contributed by atoms with Crippen LogP contribution in [0.25, 0.3) is 0 Å². The maximum atomic E-state index is 5.55. The Morgan fingerprint density at radius 1 is 1.00 bits per heavy atom. The number of hydrogen-bond donors (Lipinski definition) is 2. The van der Waals surface area contributed by atoms with Gasteiger partial charge in [0.2, 0.25) is 0 Å². The van der Waals surface area contributed by atoms with Crippen LogP contribution in [0.2, 0.25) is 0 Å². The van der Waals surface area contributed by atoms with Crippen LogP contribution < -0.4 is 10.6 Å². The SMILES string of the molecule is CCCCOCCOCCNC(=NC)NCCCN1CCC(C)CC1. The average Bonchev–Trinajstić information content (AvgIpc) is 2.63. The minimum atomic E-state index is 0.659. The molecule has 25 heavy (non-hydrogen) atoms. The Labute approximate surface area is 154 Å². The fraction of sp³-hybridized carbons (Fsp3) is 0.947. The Morgan fingerprint density at radius 3 is 2.36 bits per heavy atom. The van der Waals surface area contributed by atoms with Gasteiger partial charge in [0.05, 0.1) is 19.8 Å². The zero-order valence-electron chi connectivity index (χ0n) is 16.7. The van der Waals surface area contributed by atoms with Crippen molar-refractivity contribution in [1.29, 1.82) is 0 Å². The summed E-state index contributed by atoms with van der Waals surface area (Å²) in [5.74, 6) is 1.76. The van der Waals surface area contributed by atoms with E-state index in [1.807, 2.05) is 7.05 Å². The molecule has 0 amide bonds. The number of nitrogens with zero attached hydrogens (tertiary/aromatic N) is 2. The molecule has 1 aliphatic heterocycles. The molecule has 0 saturated carbocycles. The zero-order chi connectivity index (χ0) is 18.2. The molecule has 6 nitrogen and oxygen atoms in total. The second kappa shape index (κ2) is 15.4. The first-order chi connectivity index (χ1) is 12.3. The lowest BCUT2D eigenvalue weighted by Crippen LogP contribution is -2.40. The van der Waals surface area contributed by atoms with Crippen LogP contribution >= 0.6 is 0 Å². The average molecular weight is 357 g/mol. The minimum absolute atomic E-state index is 0.659. The van der Waals surface area contributed by atoms with Gasteiger partial charge in [0.25, 0.3) is 0 Å². The van der Waals surface area contributed by atoms with Crippen LogP contribution in [0.3, 0.4) is 0 Å². The smallest absolute Gasteiger partial charge is 0.191 e. The summed E-state index contributed by atoms with van der Waals surface area (Å²) in [6.45, 7) is 12.8. The molecule has 0 aromatic heterocycles. The standard InChI is InChI=1S/C19H40N4O2/c1-4-5-14-24-16-17-25-15-10-22-19(20-3)21-9-6-11-23-12-7-18(2)8-13-23/h18H,4-17H2,1-3H3,(H2,20,21,22). The lowest BCUT2D eigenvalue weighted by Gasteiger charge is -2.30. The molecule has 1 heterocycles. The van der Waals surface area contributed by atoms with E-state index in [-0.39, 0.29) is 0 Å². The van der Waals surface area contributed by atoms with Gasteiger partial charge in [-0.15, -0.1) is 0 Å². The number of ether oxygens (including phenoxy) is 2. The number of unbranched alkanes of at least 4 members (excludes halogenated alkanes) is 1. The van der Waals surface area contributed by atoms with Crippen LogP contribution in [0, 0.1) is 5.92 Å². The van der Waals surface area contributed by atoms with E-state index in [1.165, 1.54) is 38.9 Å². The quantitative estimate of drug-likeness (QED) is 0.301. The van der Waals surface area contributed by atoms with Crippen LogP contribution in [0.15, 0.2) is 4.99 Å². The van der Waals surface area contributed by atoms with Gasteiger partial charge in [-0.25, -0.2) is 0 Å². The molecule has 0 bridgehead atoms. The van der Waals surface area contributed by atoms with E-state index in [2.05, 4.69) is 34.4 Å². The van der Waals surface area contributed by atoms with Crippen molar-refractivity contribution in [2.45, 2.75) is 46.0 Å². The van der Waals surface area contributed by atoms with Crippen LogP contribution in [0.5, 0.6) is 0 Å². The maximum absolute atomic E-state index is 5.55. The van der Waals surface area contributed by atoms with E-state index < -0.39 is 0 Å². The highest BCUT2D eigenvalue weighted by Gasteiger charge is 2.14. The predicted molar refractivity (Wildman–Crippen MR) is 105 cm³/mol. The third kappa shape index (κ3) is 12.2. The highest BCUT2D eigenvalue weighted by Crippen LogP contribution is 2.15. The second-order valence-corrected chi connectivity index (χ2v) is 6.88. The number of aliphatic imine (C=N–C) groups is 1. The molecule has 1 rings (SSSR count). The summed E-state index contributed by atoms with van der Waals surface area (Å²) in [6.07, 6.45) is 6.15. The Kier molecular flexibility index (Phi) is 13.7. The summed E-state index contributed by atoms with van der Waals surface area (Å²) >= 11 is 0. The van der Waals surface area contributed by atoms with Gasteiger partial charge >= 0.3 is 0 Å². The molecule has 0 aromatic rings. The molecule has 0 radical (unpaired) electrons. The van der Waals surface area contributed by atoms with Crippen molar-refractivity contribution in [2.24, 2.45) is 10.9 Å². The first-order valence-electron chi connectivity index (χ1n) is 10.1. The molecule has 1 saturated heterocycles. The summed E-state index contributed by atoms with van der Waals surface area (Å²) in [7, 11) is 1.81. The first-order valence-corrected chi connectivity index (χ1v) is 10.1. The first kappa shape index (κ1) is 22.2. The van der Waals surface area contributed by atoms with Crippen LogP contribution in [-0.4, -0.2) is 77.1 Å². The van der Waals surface area contributed by atoms with Gasteiger partial charge in [0.1, 0.15) is 0 Å². The Bertz CT molecular complexity index is 331. The molecule has 6 heteroatoms. The molecular weight excluding hydrogens is 316 g/mol. The molecule has 148 valence electrons. The topological polar surface area (TPSA) is 58.1 Å². The van der Waals surface area contributed by atoms with Crippen LogP contribution in [0.4, 0.5) is 0 Å². The fourth-order valence-electron chi connectivity index (χ4n) is 2.83. The Hall–Kier alpha value is -0.850. The van der Waals surface area contributed by atoms with E-state index in [4.69, 9.17) is 9.47 Å². The Morgan fingerprint density at radius 2 is 1.68 bits per heavy atom. The number of rotatable bonds is 13. The Balaban J connectivity index is 1.91. The summed E-state index contributed by atoms with van der Waals surface area (Å²) in [5, 5.41) is 6.66. The van der Waals surface area contributed by atoms with Crippen molar-refractivity contribution in [3.8, 4) is 0 Å². The predicted octanol–water partition coefficient (Wildman–Crippen LogP) is 2.11. The summed E-state index contributed by atoms with van der Waals surface area (Å²) in [5.41, 5.74) is 0. The highest BCUT2D eigenvalue weighted by molar-refractivity contribution is 5.79. The molecule has 0 spiro atoms. The van der Waals surface area contributed by atoms with E-state index in [9.17, 15) is 0 Å². The summed E-state index contributed by atoms with van der Waals surface area (Å²) in [6, 6.07) is 0. The third-order valence-corrected chi connectivity index (χ3v) is 4.60. The summed E-state index contributed by atoms with van der Waals surface area (Å²) < 4.78 is 11.0. The number of hydrogen-bond acceptors (Lipinski definition) is 4. The molecule has 1 aliphatic rings. The molecule has 0 atom stereocenters. The van der Waals surface area contributed by atoms with Gasteiger partial charge in [0.15, 0.2) is 5.96 Å². The molecule has 0 unspecified atom stereocenters. The van der Waals surface area contributed by atoms with Gasteiger partial charge < -0.3 is 25.0 Å². The van der Waals surface area contributed by atoms with Gasteiger partial charge in [-0.2, -0.15) is 0 Å². The number of nitrogens with one attached hydrogen (secondary N) is 2. The second-order valence-electron chi connectivity index (χ2n) is 6.88. The van der Waals surface area contributed by atoms with Crippen molar-refractivity contribution in [1.82, 2.24) is 15.5 Å². The lowest BCUT2D eigenvalue weighted by atomic mass is 9.99. The molecule has 2 N–H and O–H groups in total. The van der Waals surface area contributed by atoms with E-state index >= 15 is 0 Å². The molecule has 0 aliphatic carbocycles. The normalized spacial score (nSPS) is 17.0. The van der Waals surface area contributed by atoms with Gasteiger partial charge in [-0.05, 0) is 51.2 Å². The van der Waals surface area contributed by atoms with Gasteiger partial charge in [0, 0.05) is 26.7 Å². The monoisotopic (exact) mass is 356 g/mol. The lowest BCUT2D eigenvalue weighted by molar-refractivity contribution is 0.0487. The van der Waals surface area contributed by atoms with E-state index in [0.717, 1.165) is 44.4 Å². The van der Waals surface area contributed by atoms with Crippen molar-refractivity contribution < 1.29 is 9.47 Å². The van der Waals surface area contributed by atoms with Crippen molar-refractivity contribution >= 4 is 5.96 Å². The third-order valence-electron chi connectivity index (χ3n) is 4.60. The highest BCUT2D eigenvalue weighted by atomic mass is 16.5. The van der Waals surface area contributed by atoms with E-state index in [1.54, 1.807) is 0 Å². The van der Waals surface area contributed by atoms with Crippen LogP contribution in [0.1, 0.15) is 46.0 Å². The van der Waals surface area contributed by atoms with Gasteiger partial charge in [-0.1, -0.05) is 20.3 Å². The van der Waals surface area contributed by atoms with Crippen molar-refractivity contribution in [3.63, 3.8) is 0 Å². The van der Waals surface area contributed by atoms with Crippen molar-refractivity contribution in [2.75, 3.05) is 66.2 Å². The number of likely N-dealkylation sites (tertiary alicyclic amines) is 1. The molecular formula is C19H40N4O2. The van der Waals surface area contributed by atoms with Crippen LogP contribution in [-0.2, 0) is 9.47 Å². The summed E-state index contributed by atoms with van der Waals surface area (Å²) in [4.78, 5) is 6.83. The molecule has 1 fully saturated rings. The zero-order valence-corrected chi connectivity index (χ0v) is 16.7. The number of guanidine groups is 1. The fourth-order valence-corrected chi connectivity index (χ4v) is 2.83. The van der Waals surface area contributed by atoms with Gasteiger partial charge in [-0.3, -0.25) is 4.99 Å². The van der Waals surface area contributed by atoms with E-state index in [0.29, 0.717) is 19.8 Å². The number of piperidine rings is 1. The largest absolute Gasteiger partial charge is 0.379 e. The maximum Gasteiger partial charge on any atom is 0.191 e. The molecule has 0 aromatic carbocycles. The van der Waals surface area contributed by atoms with Crippen molar-refractivity contribution in [3.05, 3.63) is 0 Å².